The number of alkyl halides is 2. The maximum atomic E-state index is 12.2. The van der Waals surface area contributed by atoms with Crippen molar-refractivity contribution in [3.05, 3.63) is 65.2 Å². The summed E-state index contributed by atoms with van der Waals surface area (Å²) < 4.78 is 28.8. The summed E-state index contributed by atoms with van der Waals surface area (Å²) in [5.74, 6) is 1.85. The van der Waals surface area contributed by atoms with Gasteiger partial charge >= 0.3 is 6.61 Å². The fourth-order valence-corrected chi connectivity index (χ4v) is 4.12. The average Bonchev–Trinajstić information content (AvgIpc) is 2.65. The second-order valence-corrected chi connectivity index (χ2v) is 7.45. The van der Waals surface area contributed by atoms with Crippen LogP contribution in [0.1, 0.15) is 68.1 Å². The van der Waals surface area contributed by atoms with E-state index < -0.39 is 6.61 Å². The predicted octanol–water partition coefficient (Wildman–Crippen LogP) is 6.95. The van der Waals surface area contributed by atoms with Crippen LogP contribution in [0.25, 0.3) is 0 Å². The molecule has 0 N–H and O–H groups in total. The number of rotatable bonds is 7. The molecule has 1 aliphatic rings. The first-order valence-corrected chi connectivity index (χ1v) is 9.76. The van der Waals surface area contributed by atoms with Crippen LogP contribution < -0.4 is 4.74 Å². The third-order valence-corrected chi connectivity index (χ3v) is 5.55. The first-order chi connectivity index (χ1) is 12.6. The van der Waals surface area contributed by atoms with E-state index in [2.05, 4.69) is 35.9 Å². The van der Waals surface area contributed by atoms with Crippen LogP contribution in [0, 0.1) is 5.92 Å². The number of benzene rings is 2. The first-order valence-electron chi connectivity index (χ1n) is 9.76. The SMILES string of the molecule is CCCC1CCC(c2ccc(Cc3ccc(OC(F)F)cc3)cc2)CC1. The van der Waals surface area contributed by atoms with Crippen LogP contribution in [0.15, 0.2) is 48.5 Å². The first kappa shape index (κ1) is 18.9. The van der Waals surface area contributed by atoms with E-state index in [0.29, 0.717) is 5.92 Å². The summed E-state index contributed by atoms with van der Waals surface area (Å²) in [6.07, 6.45) is 8.86. The lowest BCUT2D eigenvalue weighted by Gasteiger charge is -2.28. The highest BCUT2D eigenvalue weighted by Gasteiger charge is 2.21. The van der Waals surface area contributed by atoms with Gasteiger partial charge in [0.1, 0.15) is 5.75 Å². The van der Waals surface area contributed by atoms with E-state index in [-0.39, 0.29) is 5.75 Å². The Balaban J connectivity index is 1.55. The normalized spacial score (nSPS) is 20.3. The van der Waals surface area contributed by atoms with Gasteiger partial charge in [-0.3, -0.25) is 0 Å². The molecular weight excluding hydrogens is 330 g/mol. The molecule has 0 unspecified atom stereocenters. The van der Waals surface area contributed by atoms with Crippen molar-refractivity contribution in [2.45, 2.75) is 64.4 Å². The third kappa shape index (κ3) is 5.30. The number of ether oxygens (including phenoxy) is 1. The standard InChI is InChI=1S/C23H28F2O/c1-2-3-17-4-10-20(11-5-17)21-12-6-18(7-13-21)16-19-8-14-22(15-9-19)26-23(24)25/h6-9,12-15,17,20,23H,2-5,10-11,16H2,1H3. The summed E-state index contributed by atoms with van der Waals surface area (Å²) in [4.78, 5) is 0. The molecular formula is C23H28F2O. The Kier molecular flexibility index (Phi) is 6.65. The molecule has 0 bridgehead atoms. The molecule has 1 nitrogen and oxygen atoms in total. The third-order valence-electron chi connectivity index (χ3n) is 5.55. The van der Waals surface area contributed by atoms with Crippen LogP contribution in [-0.4, -0.2) is 6.61 Å². The highest BCUT2D eigenvalue weighted by Crippen LogP contribution is 2.37. The van der Waals surface area contributed by atoms with Crippen LogP contribution >= 0.6 is 0 Å². The van der Waals surface area contributed by atoms with E-state index in [1.54, 1.807) is 12.1 Å². The maximum Gasteiger partial charge on any atom is 0.387 e. The molecule has 0 heterocycles. The van der Waals surface area contributed by atoms with Crippen molar-refractivity contribution in [1.82, 2.24) is 0 Å². The lowest BCUT2D eigenvalue weighted by Crippen LogP contribution is -2.13. The molecule has 1 fully saturated rings. The Hall–Kier alpha value is -1.90. The lowest BCUT2D eigenvalue weighted by atomic mass is 9.77. The van der Waals surface area contributed by atoms with Crippen molar-refractivity contribution >= 4 is 0 Å². The van der Waals surface area contributed by atoms with Crippen molar-refractivity contribution in [2.75, 3.05) is 0 Å². The van der Waals surface area contributed by atoms with Gasteiger partial charge in [-0.1, -0.05) is 56.2 Å². The predicted molar refractivity (Wildman–Crippen MR) is 102 cm³/mol. The van der Waals surface area contributed by atoms with Crippen LogP contribution in [0.2, 0.25) is 0 Å². The Morgan fingerprint density at radius 3 is 2.00 bits per heavy atom. The Bertz CT molecular complexity index is 656. The minimum atomic E-state index is -2.77. The van der Waals surface area contributed by atoms with Gasteiger partial charge in [-0.2, -0.15) is 8.78 Å². The van der Waals surface area contributed by atoms with Crippen LogP contribution in [0.3, 0.4) is 0 Å². The molecule has 0 aliphatic heterocycles. The topological polar surface area (TPSA) is 9.23 Å². The van der Waals surface area contributed by atoms with E-state index in [9.17, 15) is 8.78 Å². The van der Waals surface area contributed by atoms with Crippen LogP contribution in [0.5, 0.6) is 5.75 Å². The smallest absolute Gasteiger partial charge is 0.387 e. The molecule has 0 spiro atoms. The minimum Gasteiger partial charge on any atom is -0.435 e. The van der Waals surface area contributed by atoms with Crippen LogP contribution in [-0.2, 0) is 6.42 Å². The zero-order valence-electron chi connectivity index (χ0n) is 15.5. The van der Waals surface area contributed by atoms with Gasteiger partial charge in [0.15, 0.2) is 0 Å². The monoisotopic (exact) mass is 358 g/mol. The summed E-state index contributed by atoms with van der Waals surface area (Å²) in [6.45, 7) is -0.491. The fourth-order valence-electron chi connectivity index (χ4n) is 4.12. The molecule has 3 heteroatoms. The number of hydrogen-bond donors (Lipinski definition) is 0. The fraction of sp³-hybridized carbons (Fsp3) is 0.478. The summed E-state index contributed by atoms with van der Waals surface area (Å²) in [5, 5.41) is 0. The van der Waals surface area contributed by atoms with Crippen molar-refractivity contribution in [1.29, 1.82) is 0 Å². The van der Waals surface area contributed by atoms with Gasteiger partial charge in [-0.25, -0.2) is 0 Å². The van der Waals surface area contributed by atoms with Crippen molar-refractivity contribution in [3.63, 3.8) is 0 Å². The van der Waals surface area contributed by atoms with Gasteiger partial charge in [0, 0.05) is 0 Å². The highest BCUT2D eigenvalue weighted by molar-refractivity contribution is 5.33. The van der Waals surface area contributed by atoms with Crippen molar-refractivity contribution < 1.29 is 13.5 Å². The van der Waals surface area contributed by atoms with E-state index in [1.165, 1.54) is 49.7 Å². The highest BCUT2D eigenvalue weighted by atomic mass is 19.3. The molecule has 1 aliphatic carbocycles. The number of halogens is 2. The zero-order valence-corrected chi connectivity index (χ0v) is 15.5. The van der Waals surface area contributed by atoms with E-state index in [4.69, 9.17) is 0 Å². The maximum absolute atomic E-state index is 12.2. The van der Waals surface area contributed by atoms with Crippen molar-refractivity contribution in [3.8, 4) is 5.75 Å². The molecule has 0 atom stereocenters. The molecule has 2 aromatic carbocycles. The van der Waals surface area contributed by atoms with Crippen LogP contribution in [0.4, 0.5) is 8.78 Å². The van der Waals surface area contributed by atoms with E-state index in [0.717, 1.165) is 17.9 Å². The molecule has 3 rings (SSSR count). The van der Waals surface area contributed by atoms with Gasteiger partial charge in [-0.05, 0) is 72.8 Å². The van der Waals surface area contributed by atoms with Gasteiger partial charge in [-0.15, -0.1) is 0 Å². The Morgan fingerprint density at radius 2 is 1.46 bits per heavy atom. The molecule has 140 valence electrons. The zero-order chi connectivity index (χ0) is 18.4. The Labute approximate surface area is 155 Å². The Morgan fingerprint density at radius 1 is 0.885 bits per heavy atom. The number of hydrogen-bond acceptors (Lipinski definition) is 1. The van der Waals surface area contributed by atoms with Gasteiger partial charge in [0.25, 0.3) is 0 Å². The summed E-state index contributed by atoms with van der Waals surface area (Å²) in [7, 11) is 0. The molecule has 1 saturated carbocycles. The second-order valence-electron chi connectivity index (χ2n) is 7.45. The summed E-state index contributed by atoms with van der Waals surface area (Å²) in [5.41, 5.74) is 3.81. The molecule has 0 amide bonds. The molecule has 2 aromatic rings. The molecule has 0 saturated heterocycles. The summed E-state index contributed by atoms with van der Waals surface area (Å²) >= 11 is 0. The van der Waals surface area contributed by atoms with E-state index in [1.807, 2.05) is 12.1 Å². The minimum absolute atomic E-state index is 0.206. The quantitative estimate of drug-likeness (QED) is 0.520. The lowest BCUT2D eigenvalue weighted by molar-refractivity contribution is -0.0498. The van der Waals surface area contributed by atoms with Gasteiger partial charge in [0.2, 0.25) is 0 Å². The second kappa shape index (κ2) is 9.16. The summed E-state index contributed by atoms with van der Waals surface area (Å²) in [6, 6.07) is 15.9. The largest absolute Gasteiger partial charge is 0.435 e. The molecule has 26 heavy (non-hydrogen) atoms. The van der Waals surface area contributed by atoms with Gasteiger partial charge < -0.3 is 4.74 Å². The average molecular weight is 358 g/mol. The van der Waals surface area contributed by atoms with E-state index >= 15 is 0 Å². The molecule has 0 radical (unpaired) electrons. The van der Waals surface area contributed by atoms with Crippen molar-refractivity contribution in [2.24, 2.45) is 5.92 Å². The van der Waals surface area contributed by atoms with Gasteiger partial charge in [0.05, 0.1) is 0 Å². The molecule has 0 aromatic heterocycles.